The van der Waals surface area contributed by atoms with Crippen LogP contribution in [-0.2, 0) is 13.9 Å². The van der Waals surface area contributed by atoms with Crippen molar-refractivity contribution in [1.82, 2.24) is 5.32 Å². The predicted molar refractivity (Wildman–Crippen MR) is 132 cm³/mol. The summed E-state index contributed by atoms with van der Waals surface area (Å²) in [6.07, 6.45) is 19.2. The molecular weight excluding hydrogens is 393 g/mol. The van der Waals surface area contributed by atoms with E-state index < -0.39 is 7.37 Å². The Morgan fingerprint density at radius 2 is 1.23 bits per heavy atom. The molecule has 1 amide bonds. The lowest BCUT2D eigenvalue weighted by Crippen LogP contribution is -2.23. The second-order valence-electron chi connectivity index (χ2n) is 9.90. The van der Waals surface area contributed by atoms with Crippen molar-refractivity contribution in [1.29, 1.82) is 0 Å². The molecule has 180 valence electrons. The van der Waals surface area contributed by atoms with Gasteiger partial charge in [-0.1, -0.05) is 105 Å². The average Bonchev–Trinajstić information content (AvgIpc) is 2.67. The highest BCUT2D eigenvalue weighted by Crippen LogP contribution is 2.55. The van der Waals surface area contributed by atoms with Crippen molar-refractivity contribution in [2.45, 2.75) is 136 Å². The van der Waals surface area contributed by atoms with Gasteiger partial charge in [0.25, 0.3) is 0 Å². The summed E-state index contributed by atoms with van der Waals surface area (Å²) in [6.45, 7) is 11.2. The van der Waals surface area contributed by atoms with Crippen molar-refractivity contribution in [2.24, 2.45) is 0 Å². The molecule has 0 radical (unpaired) electrons. The lowest BCUT2D eigenvalue weighted by molar-refractivity contribution is -0.121. The maximum absolute atomic E-state index is 12.4. The molecule has 5 heteroatoms. The van der Waals surface area contributed by atoms with Gasteiger partial charge in [-0.25, -0.2) is 0 Å². The summed E-state index contributed by atoms with van der Waals surface area (Å²) in [6, 6.07) is 0. The third-order valence-electron chi connectivity index (χ3n) is 5.96. The van der Waals surface area contributed by atoms with E-state index in [9.17, 15) is 9.36 Å². The standard InChI is InChI=1S/C25H52NO3P/c1-6-7-8-9-10-11-12-13-14-15-18-21-24(27)26-22-19-16-17-20-23-29-30(5,28)25(2,3)4/h6-23H2,1-5H3,(H,26,27). The van der Waals surface area contributed by atoms with E-state index in [1.54, 1.807) is 6.66 Å². The molecule has 0 aromatic rings. The second kappa shape index (κ2) is 18.3. The summed E-state index contributed by atoms with van der Waals surface area (Å²) in [5.74, 6) is 0.200. The quantitative estimate of drug-likeness (QED) is 0.152. The van der Waals surface area contributed by atoms with E-state index in [0.717, 1.165) is 38.6 Å². The minimum atomic E-state index is -2.54. The number of carbonyl (C=O) groups is 1. The average molecular weight is 446 g/mol. The van der Waals surface area contributed by atoms with Crippen LogP contribution in [0, 0.1) is 0 Å². The summed E-state index contributed by atoms with van der Waals surface area (Å²) in [5, 5.41) is 2.75. The number of amides is 1. The van der Waals surface area contributed by atoms with Crippen LogP contribution in [0.4, 0.5) is 0 Å². The first-order chi connectivity index (χ1) is 14.2. The maximum atomic E-state index is 12.4. The summed E-state index contributed by atoms with van der Waals surface area (Å²) in [7, 11) is -2.54. The first-order valence-electron chi connectivity index (χ1n) is 12.7. The van der Waals surface area contributed by atoms with Gasteiger partial charge in [0.2, 0.25) is 13.3 Å². The summed E-state index contributed by atoms with van der Waals surface area (Å²) in [4.78, 5) is 11.9. The SMILES string of the molecule is CCCCCCCCCCCCCC(=O)NCCCCCCOP(C)(=O)C(C)(C)C. The van der Waals surface area contributed by atoms with Crippen LogP contribution in [-0.4, -0.2) is 30.9 Å². The Kier molecular flexibility index (Phi) is 18.0. The highest BCUT2D eigenvalue weighted by atomic mass is 31.2. The molecule has 0 heterocycles. The zero-order valence-corrected chi connectivity index (χ0v) is 21.8. The maximum Gasteiger partial charge on any atom is 0.219 e. The van der Waals surface area contributed by atoms with E-state index in [0.29, 0.717) is 13.0 Å². The van der Waals surface area contributed by atoms with Crippen LogP contribution in [0.3, 0.4) is 0 Å². The van der Waals surface area contributed by atoms with Gasteiger partial charge in [-0.2, -0.15) is 0 Å². The fourth-order valence-electron chi connectivity index (χ4n) is 3.28. The Bertz CT molecular complexity index is 460. The zero-order chi connectivity index (χ0) is 22.7. The number of rotatable bonds is 20. The molecule has 0 spiro atoms. The third kappa shape index (κ3) is 17.4. The molecule has 0 saturated heterocycles. The molecule has 0 aliphatic carbocycles. The molecule has 0 aromatic heterocycles. The highest BCUT2D eigenvalue weighted by molar-refractivity contribution is 7.59. The third-order valence-corrected chi connectivity index (χ3v) is 9.07. The molecule has 0 bridgehead atoms. The van der Waals surface area contributed by atoms with Gasteiger partial charge in [-0.15, -0.1) is 0 Å². The minimum Gasteiger partial charge on any atom is -0.356 e. The van der Waals surface area contributed by atoms with Gasteiger partial charge in [0.1, 0.15) is 0 Å². The first kappa shape index (κ1) is 29.7. The Labute approximate surface area is 188 Å². The normalized spacial score (nSPS) is 13.9. The molecule has 1 atom stereocenters. The van der Waals surface area contributed by atoms with Crippen LogP contribution >= 0.6 is 7.37 Å². The molecule has 0 rings (SSSR count). The molecule has 1 unspecified atom stereocenters. The van der Waals surface area contributed by atoms with Crippen molar-refractivity contribution in [3.05, 3.63) is 0 Å². The molecule has 0 aromatic carbocycles. The zero-order valence-electron chi connectivity index (χ0n) is 20.9. The van der Waals surface area contributed by atoms with E-state index in [1.165, 1.54) is 64.2 Å². The van der Waals surface area contributed by atoms with E-state index in [1.807, 2.05) is 20.8 Å². The van der Waals surface area contributed by atoms with Crippen LogP contribution in [0.25, 0.3) is 0 Å². The Morgan fingerprint density at radius 3 is 1.77 bits per heavy atom. The topological polar surface area (TPSA) is 55.4 Å². The van der Waals surface area contributed by atoms with Crippen molar-refractivity contribution >= 4 is 13.3 Å². The molecule has 0 aliphatic heterocycles. The predicted octanol–water partition coefficient (Wildman–Crippen LogP) is 8.09. The number of carbonyl (C=O) groups excluding carboxylic acids is 1. The molecule has 0 aliphatic rings. The minimum absolute atomic E-state index is 0.200. The van der Waals surface area contributed by atoms with E-state index in [-0.39, 0.29) is 11.1 Å². The van der Waals surface area contributed by atoms with Crippen molar-refractivity contribution < 1.29 is 13.9 Å². The number of nitrogens with one attached hydrogen (secondary N) is 1. The van der Waals surface area contributed by atoms with Crippen LogP contribution in [0.2, 0.25) is 0 Å². The van der Waals surface area contributed by atoms with Gasteiger partial charge < -0.3 is 9.84 Å². The first-order valence-corrected chi connectivity index (χ1v) is 14.8. The second-order valence-corrected chi connectivity index (χ2v) is 13.2. The van der Waals surface area contributed by atoms with Crippen molar-refractivity contribution in [3.8, 4) is 0 Å². The smallest absolute Gasteiger partial charge is 0.219 e. The number of hydrogen-bond donors (Lipinski definition) is 1. The van der Waals surface area contributed by atoms with E-state index in [4.69, 9.17) is 4.52 Å². The van der Waals surface area contributed by atoms with Gasteiger partial charge in [-0.05, 0) is 19.3 Å². The molecule has 4 nitrogen and oxygen atoms in total. The largest absolute Gasteiger partial charge is 0.356 e. The van der Waals surface area contributed by atoms with Gasteiger partial charge in [0.15, 0.2) is 0 Å². The van der Waals surface area contributed by atoms with E-state index in [2.05, 4.69) is 12.2 Å². The molecule has 0 fully saturated rings. The summed E-state index contributed by atoms with van der Waals surface area (Å²) in [5.41, 5.74) is 0. The van der Waals surface area contributed by atoms with Crippen LogP contribution in [0.15, 0.2) is 0 Å². The van der Waals surface area contributed by atoms with Gasteiger partial charge in [0.05, 0.1) is 6.61 Å². The summed E-state index contributed by atoms with van der Waals surface area (Å²) < 4.78 is 18.0. The lowest BCUT2D eigenvalue weighted by atomic mass is 10.1. The van der Waals surface area contributed by atoms with Gasteiger partial charge in [-0.3, -0.25) is 9.36 Å². The van der Waals surface area contributed by atoms with Crippen LogP contribution < -0.4 is 5.32 Å². The Morgan fingerprint density at radius 1 is 0.767 bits per heavy atom. The monoisotopic (exact) mass is 445 g/mol. The molecule has 30 heavy (non-hydrogen) atoms. The van der Waals surface area contributed by atoms with Gasteiger partial charge >= 0.3 is 0 Å². The Hall–Kier alpha value is -0.340. The molecular formula is C25H52NO3P. The fraction of sp³-hybridized carbons (Fsp3) is 0.960. The van der Waals surface area contributed by atoms with Crippen LogP contribution in [0.1, 0.15) is 130 Å². The highest BCUT2D eigenvalue weighted by Gasteiger charge is 2.32. The molecule has 0 saturated carbocycles. The van der Waals surface area contributed by atoms with E-state index >= 15 is 0 Å². The fourth-order valence-corrected chi connectivity index (χ4v) is 4.14. The Balaban J connectivity index is 3.36. The van der Waals surface area contributed by atoms with Crippen LogP contribution in [0.5, 0.6) is 0 Å². The summed E-state index contributed by atoms with van der Waals surface area (Å²) >= 11 is 0. The van der Waals surface area contributed by atoms with Crippen molar-refractivity contribution in [3.63, 3.8) is 0 Å². The molecule has 1 N–H and O–H groups in total. The number of hydrogen-bond acceptors (Lipinski definition) is 3. The number of unbranched alkanes of at least 4 members (excludes halogenated alkanes) is 13. The lowest BCUT2D eigenvalue weighted by Gasteiger charge is -2.27. The van der Waals surface area contributed by atoms with Crippen molar-refractivity contribution in [2.75, 3.05) is 19.8 Å². The van der Waals surface area contributed by atoms with Gasteiger partial charge in [0, 0.05) is 24.8 Å².